The van der Waals surface area contributed by atoms with Crippen molar-refractivity contribution in [2.45, 2.75) is 69.1 Å². The number of nitrogens with two attached hydrogens (primary N) is 2. The minimum atomic E-state index is -1.29. The van der Waals surface area contributed by atoms with Crippen LogP contribution in [0.3, 0.4) is 0 Å². The highest BCUT2D eigenvalue weighted by atomic mass is 33.1. The van der Waals surface area contributed by atoms with E-state index < -0.39 is 71.5 Å². The minimum Gasteiger partial charge on any atom is -0.480 e. The lowest BCUT2D eigenvalue weighted by Crippen LogP contribution is -2.51. The predicted molar refractivity (Wildman–Crippen MR) is 177 cm³/mol. The molecule has 1 aliphatic rings. The van der Waals surface area contributed by atoms with E-state index in [1.54, 1.807) is 0 Å². The maximum atomic E-state index is 13.0. The molecule has 0 saturated carbocycles. The van der Waals surface area contributed by atoms with Gasteiger partial charge in [0.2, 0.25) is 35.4 Å². The maximum Gasteiger partial charge on any atom is 0.320 e. The van der Waals surface area contributed by atoms with E-state index in [4.69, 9.17) is 21.7 Å². The van der Waals surface area contributed by atoms with Crippen molar-refractivity contribution in [3.05, 3.63) is 0 Å². The molecule has 0 spiro atoms. The Labute approximate surface area is 285 Å². The molecule has 6 amide bonds. The van der Waals surface area contributed by atoms with E-state index in [9.17, 15) is 38.4 Å². The summed E-state index contributed by atoms with van der Waals surface area (Å²) in [4.78, 5) is 97.4. The SMILES string of the molecule is N[C@@H](CCC(=O)NC1CSSC[C@H](NC(=O)CC[C@H](N)C(=O)O)C(=O)NCC(=O)NCCCCNCCCNC(=O)CNC1=O)C(=O)O. The highest BCUT2D eigenvalue weighted by molar-refractivity contribution is 8.76. The quantitative estimate of drug-likeness (QED) is 0.0957. The smallest absolute Gasteiger partial charge is 0.320 e. The highest BCUT2D eigenvalue weighted by Crippen LogP contribution is 2.23. The third kappa shape index (κ3) is 19.9. The lowest BCUT2D eigenvalue weighted by Gasteiger charge is -2.20. The molecule has 1 rings (SSSR count). The van der Waals surface area contributed by atoms with Gasteiger partial charge < -0.3 is 58.9 Å². The number of aliphatic carboxylic acids is 2. The Morgan fingerprint density at radius 1 is 0.667 bits per heavy atom. The molecule has 21 heteroatoms. The summed E-state index contributed by atoms with van der Waals surface area (Å²) < 4.78 is 0. The van der Waals surface area contributed by atoms with Gasteiger partial charge in [0, 0.05) is 37.4 Å². The van der Waals surface area contributed by atoms with Crippen LogP contribution < -0.4 is 48.7 Å². The number of nitrogens with one attached hydrogen (secondary N) is 7. The number of hydrogen-bond acceptors (Lipinski definition) is 13. The van der Waals surface area contributed by atoms with Gasteiger partial charge in [-0.3, -0.25) is 38.4 Å². The van der Waals surface area contributed by atoms with Crippen LogP contribution in [0.15, 0.2) is 0 Å². The number of carboxylic acids is 2. The molecule has 0 aromatic rings. The van der Waals surface area contributed by atoms with Crippen molar-refractivity contribution >= 4 is 69.0 Å². The van der Waals surface area contributed by atoms with Crippen LogP contribution >= 0.6 is 21.6 Å². The molecule has 1 fully saturated rings. The fourth-order valence-corrected chi connectivity index (χ4v) is 6.15. The topological polar surface area (TPSA) is 313 Å². The molecule has 13 N–H and O–H groups in total. The second kappa shape index (κ2) is 24.5. The molecule has 0 aliphatic carbocycles. The zero-order valence-corrected chi connectivity index (χ0v) is 28.2. The summed E-state index contributed by atoms with van der Waals surface area (Å²) in [6.07, 6.45) is 1.17. The first kappa shape index (κ1) is 42.4. The summed E-state index contributed by atoms with van der Waals surface area (Å²) in [7, 11) is 2.12. The Balaban J connectivity index is 2.98. The van der Waals surface area contributed by atoms with Crippen molar-refractivity contribution in [2.75, 3.05) is 50.8 Å². The average molecular weight is 722 g/mol. The summed E-state index contributed by atoms with van der Waals surface area (Å²) >= 11 is 0. The monoisotopic (exact) mass is 721 g/mol. The molecular formula is C27H47N9O10S2. The number of carbonyl (C=O) groups excluding carboxylic acids is 6. The van der Waals surface area contributed by atoms with Crippen LogP contribution in [0.1, 0.15) is 44.9 Å². The number of carbonyl (C=O) groups is 8. The Hall–Kier alpha value is -3.66. The third-order valence-corrected chi connectivity index (χ3v) is 9.08. The number of rotatable bonds is 10. The molecule has 4 atom stereocenters. The van der Waals surface area contributed by atoms with Crippen LogP contribution in [0.2, 0.25) is 0 Å². The molecular weight excluding hydrogens is 674 g/mol. The third-order valence-electron chi connectivity index (χ3n) is 6.66. The van der Waals surface area contributed by atoms with Crippen LogP contribution in [0.4, 0.5) is 0 Å². The van der Waals surface area contributed by atoms with Gasteiger partial charge in [0.25, 0.3) is 0 Å². The van der Waals surface area contributed by atoms with E-state index >= 15 is 0 Å². The predicted octanol–water partition coefficient (Wildman–Crippen LogP) is -4.04. The van der Waals surface area contributed by atoms with Crippen LogP contribution in [-0.4, -0.2) is 133 Å². The van der Waals surface area contributed by atoms with Crippen LogP contribution in [0.25, 0.3) is 0 Å². The highest BCUT2D eigenvalue weighted by Gasteiger charge is 2.25. The first-order chi connectivity index (χ1) is 22.8. The second-order valence-corrected chi connectivity index (χ2v) is 13.3. The largest absolute Gasteiger partial charge is 0.480 e. The minimum absolute atomic E-state index is 0.0556. The Kier molecular flexibility index (Phi) is 21.6. The van der Waals surface area contributed by atoms with Gasteiger partial charge in [-0.1, -0.05) is 21.6 Å². The fraction of sp³-hybridized carbons (Fsp3) is 0.704. The van der Waals surface area contributed by atoms with E-state index in [-0.39, 0.29) is 50.3 Å². The number of carboxylic acid groups (broad SMARTS) is 2. The van der Waals surface area contributed by atoms with Gasteiger partial charge in [-0.25, -0.2) is 0 Å². The zero-order chi connectivity index (χ0) is 35.9. The molecule has 1 saturated heterocycles. The summed E-state index contributed by atoms with van der Waals surface area (Å²) in [6.45, 7) is 1.36. The molecule has 272 valence electrons. The lowest BCUT2D eigenvalue weighted by molar-refractivity contribution is -0.140. The van der Waals surface area contributed by atoms with Crippen molar-refractivity contribution in [1.82, 2.24) is 37.2 Å². The van der Waals surface area contributed by atoms with Gasteiger partial charge in [-0.05, 0) is 45.2 Å². The fourth-order valence-electron chi connectivity index (χ4n) is 3.83. The summed E-state index contributed by atoms with van der Waals surface area (Å²) in [6, 6.07) is -4.89. The van der Waals surface area contributed by atoms with E-state index in [0.717, 1.165) is 28.0 Å². The van der Waals surface area contributed by atoms with Gasteiger partial charge in [0.15, 0.2) is 0 Å². The standard InChI is InChI=1S/C27H47N9O10S2/c28-16(26(43)44)4-6-20(37)35-18-14-47-48-15-19(36-21(38)7-5-17(29)27(45)46)25(42)34-13-23(40)32-11-3-9-30-8-1-2-10-31-22(39)12-33-24(18)41/h16-19,30H,1-15,28-29H2,(H,31,39)(H,32,40)(H,33,41)(H,34,42)(H,35,37)(H,36,38)(H,43,44)(H,45,46)/t16-,17-,18-,19?/m0/s1. The molecule has 1 heterocycles. The maximum absolute atomic E-state index is 13.0. The Morgan fingerprint density at radius 3 is 1.50 bits per heavy atom. The molecule has 0 bridgehead atoms. The van der Waals surface area contributed by atoms with Crippen molar-refractivity contribution in [1.29, 1.82) is 0 Å². The van der Waals surface area contributed by atoms with Crippen LogP contribution in [0, 0.1) is 0 Å². The summed E-state index contributed by atoms with van der Waals surface area (Å²) in [5.41, 5.74) is 10.9. The van der Waals surface area contributed by atoms with E-state index in [0.29, 0.717) is 39.0 Å². The second-order valence-electron chi connectivity index (χ2n) is 10.7. The summed E-state index contributed by atoms with van der Waals surface area (Å²) in [5, 5.41) is 36.5. The van der Waals surface area contributed by atoms with Gasteiger partial charge in [0.1, 0.15) is 24.2 Å². The van der Waals surface area contributed by atoms with Gasteiger partial charge >= 0.3 is 11.9 Å². The van der Waals surface area contributed by atoms with Crippen LogP contribution in [-0.2, 0) is 38.4 Å². The normalized spacial score (nSPS) is 21.5. The first-order valence-electron chi connectivity index (χ1n) is 15.4. The summed E-state index contributed by atoms with van der Waals surface area (Å²) in [5.74, 6) is -6.23. The molecule has 1 unspecified atom stereocenters. The van der Waals surface area contributed by atoms with Crippen molar-refractivity contribution < 1.29 is 48.6 Å². The Morgan fingerprint density at radius 2 is 1.06 bits per heavy atom. The molecule has 0 aromatic carbocycles. The van der Waals surface area contributed by atoms with Gasteiger partial charge in [-0.15, -0.1) is 0 Å². The number of hydrogen-bond donors (Lipinski definition) is 11. The molecule has 48 heavy (non-hydrogen) atoms. The van der Waals surface area contributed by atoms with Gasteiger partial charge in [-0.2, -0.15) is 0 Å². The van der Waals surface area contributed by atoms with Gasteiger partial charge in [0.05, 0.1) is 13.1 Å². The van der Waals surface area contributed by atoms with E-state index in [1.165, 1.54) is 0 Å². The number of amides is 6. The van der Waals surface area contributed by atoms with Crippen LogP contribution in [0.5, 0.6) is 0 Å². The molecule has 1 aliphatic heterocycles. The Bertz CT molecular complexity index is 1030. The lowest BCUT2D eigenvalue weighted by atomic mass is 10.1. The average Bonchev–Trinajstić information content (AvgIpc) is 3.04. The van der Waals surface area contributed by atoms with E-state index in [2.05, 4.69) is 37.2 Å². The van der Waals surface area contributed by atoms with Crippen molar-refractivity contribution in [3.63, 3.8) is 0 Å². The molecule has 0 radical (unpaired) electrons. The van der Waals surface area contributed by atoms with E-state index in [1.807, 2.05) is 0 Å². The zero-order valence-electron chi connectivity index (χ0n) is 26.5. The van der Waals surface area contributed by atoms with Crippen molar-refractivity contribution in [2.24, 2.45) is 11.5 Å². The van der Waals surface area contributed by atoms with Crippen molar-refractivity contribution in [3.8, 4) is 0 Å². The molecule has 0 aromatic heterocycles. The first-order valence-corrected chi connectivity index (χ1v) is 17.9. The molecule has 19 nitrogen and oxygen atoms in total.